The summed E-state index contributed by atoms with van der Waals surface area (Å²) in [6.45, 7) is 7.62. The first-order valence-corrected chi connectivity index (χ1v) is 8.97. The monoisotopic (exact) mass is 274 g/mol. The topological polar surface area (TPSA) is 17.1 Å². The number of hydrogen-bond donors (Lipinski definition) is 0. The Balaban J connectivity index is 1.66. The van der Waals surface area contributed by atoms with Crippen molar-refractivity contribution in [3.8, 4) is 0 Å². The number of fused-ring (bicyclic) bond motifs is 5. The highest BCUT2D eigenvalue weighted by Gasteiger charge is 2.61. The maximum absolute atomic E-state index is 11.9. The predicted octanol–water partition coefficient (Wildman–Crippen LogP) is 4.84. The van der Waals surface area contributed by atoms with Crippen LogP contribution < -0.4 is 0 Å². The van der Waals surface area contributed by atoms with E-state index in [-0.39, 0.29) is 0 Å². The first-order valence-electron chi connectivity index (χ1n) is 8.97. The molecule has 20 heavy (non-hydrogen) atoms. The Bertz CT molecular complexity index is 441. The van der Waals surface area contributed by atoms with Gasteiger partial charge in [-0.2, -0.15) is 0 Å². The Morgan fingerprint density at radius 1 is 1.00 bits per heavy atom. The highest BCUT2D eigenvalue weighted by molar-refractivity contribution is 5.79. The van der Waals surface area contributed by atoms with Gasteiger partial charge in [-0.05, 0) is 78.9 Å². The van der Waals surface area contributed by atoms with Gasteiger partial charge in [0.25, 0.3) is 0 Å². The predicted molar refractivity (Wildman–Crippen MR) is 81.3 cm³/mol. The molecule has 0 aromatic carbocycles. The molecule has 0 radical (unpaired) electrons. The number of rotatable bonds is 0. The van der Waals surface area contributed by atoms with Crippen molar-refractivity contribution in [3.05, 3.63) is 0 Å². The molecule has 4 rings (SSSR count). The molecule has 0 N–H and O–H groups in total. The summed E-state index contributed by atoms with van der Waals surface area (Å²) in [5.41, 5.74) is 1.13. The maximum Gasteiger partial charge on any atom is 0.133 e. The number of Topliss-reactive ketones (excluding diaryl/α,β-unsaturated/α-hetero) is 1. The molecule has 112 valence electrons. The first kappa shape index (κ1) is 13.3. The fourth-order valence-corrected chi connectivity index (χ4v) is 7.09. The minimum Gasteiger partial charge on any atom is -0.300 e. The summed E-state index contributed by atoms with van der Waals surface area (Å²) in [5.74, 6) is 5.04. The van der Waals surface area contributed by atoms with Gasteiger partial charge in [0.15, 0.2) is 0 Å². The molecule has 0 aromatic rings. The van der Waals surface area contributed by atoms with Gasteiger partial charge in [0.2, 0.25) is 0 Å². The van der Waals surface area contributed by atoms with E-state index in [0.29, 0.717) is 16.6 Å². The molecule has 0 aromatic heterocycles. The van der Waals surface area contributed by atoms with Crippen LogP contribution in [0.4, 0.5) is 0 Å². The summed E-state index contributed by atoms with van der Waals surface area (Å²) in [6, 6.07) is 0. The van der Waals surface area contributed by atoms with E-state index in [2.05, 4.69) is 20.8 Å². The van der Waals surface area contributed by atoms with E-state index in [9.17, 15) is 4.79 Å². The molecule has 4 aliphatic rings. The van der Waals surface area contributed by atoms with Crippen molar-refractivity contribution < 1.29 is 4.79 Å². The number of hydrogen-bond acceptors (Lipinski definition) is 1. The molecule has 4 aliphatic carbocycles. The highest BCUT2D eigenvalue weighted by Crippen LogP contribution is 2.69. The van der Waals surface area contributed by atoms with Crippen LogP contribution in [-0.4, -0.2) is 5.78 Å². The van der Waals surface area contributed by atoms with Gasteiger partial charge in [0.1, 0.15) is 5.78 Å². The van der Waals surface area contributed by atoms with Gasteiger partial charge in [-0.3, -0.25) is 4.79 Å². The third kappa shape index (κ3) is 1.53. The summed E-state index contributed by atoms with van der Waals surface area (Å²) >= 11 is 0. The molecule has 0 amide bonds. The summed E-state index contributed by atoms with van der Waals surface area (Å²) in [4.78, 5) is 11.9. The molecule has 0 unspecified atom stereocenters. The second kappa shape index (κ2) is 4.11. The smallest absolute Gasteiger partial charge is 0.133 e. The van der Waals surface area contributed by atoms with E-state index in [4.69, 9.17) is 0 Å². The van der Waals surface area contributed by atoms with Crippen LogP contribution in [0.5, 0.6) is 0 Å². The minimum absolute atomic E-state index is 0.506. The van der Waals surface area contributed by atoms with Crippen LogP contribution in [0.25, 0.3) is 0 Å². The molecule has 1 heteroatoms. The lowest BCUT2D eigenvalue weighted by molar-refractivity contribution is -0.125. The van der Waals surface area contributed by atoms with Crippen molar-refractivity contribution in [1.29, 1.82) is 0 Å². The molecular weight excluding hydrogens is 244 g/mol. The fraction of sp³-hybridized carbons (Fsp3) is 0.947. The zero-order valence-corrected chi connectivity index (χ0v) is 13.5. The van der Waals surface area contributed by atoms with E-state index in [0.717, 1.165) is 42.4 Å². The van der Waals surface area contributed by atoms with Gasteiger partial charge in [-0.25, -0.2) is 0 Å². The van der Waals surface area contributed by atoms with Crippen LogP contribution in [0.3, 0.4) is 0 Å². The van der Waals surface area contributed by atoms with Crippen molar-refractivity contribution in [1.82, 2.24) is 0 Å². The van der Waals surface area contributed by atoms with Gasteiger partial charge in [0, 0.05) is 12.8 Å². The maximum atomic E-state index is 11.9. The summed E-state index contributed by atoms with van der Waals surface area (Å²) in [6.07, 6.45) is 10.2. The van der Waals surface area contributed by atoms with E-state index < -0.39 is 0 Å². The quantitative estimate of drug-likeness (QED) is 0.617. The van der Waals surface area contributed by atoms with Gasteiger partial charge in [0.05, 0.1) is 0 Å². The average molecular weight is 274 g/mol. The average Bonchev–Trinajstić information content (AvgIpc) is 2.86. The Morgan fingerprint density at radius 2 is 1.75 bits per heavy atom. The first-order chi connectivity index (χ1) is 9.45. The van der Waals surface area contributed by atoms with E-state index in [1.807, 2.05) is 0 Å². The zero-order valence-electron chi connectivity index (χ0n) is 13.5. The number of ketones is 1. The molecule has 0 aliphatic heterocycles. The third-order valence-electron chi connectivity index (χ3n) is 8.66. The van der Waals surface area contributed by atoms with Crippen LogP contribution in [0.1, 0.15) is 72.1 Å². The van der Waals surface area contributed by atoms with E-state index in [1.165, 1.54) is 38.5 Å². The van der Waals surface area contributed by atoms with Crippen molar-refractivity contribution in [2.75, 3.05) is 0 Å². The molecule has 0 bridgehead atoms. The van der Waals surface area contributed by atoms with E-state index in [1.54, 1.807) is 0 Å². The number of carbonyl (C=O) groups excluding carboxylic acids is 1. The Kier molecular flexibility index (Phi) is 2.74. The molecule has 4 fully saturated rings. The van der Waals surface area contributed by atoms with Crippen molar-refractivity contribution in [2.24, 2.45) is 40.4 Å². The highest BCUT2D eigenvalue weighted by atomic mass is 16.1. The summed E-state index contributed by atoms with van der Waals surface area (Å²) < 4.78 is 0. The normalized spacial score (nSPS) is 58.1. The Hall–Kier alpha value is -0.330. The minimum atomic E-state index is 0.506. The van der Waals surface area contributed by atoms with Crippen LogP contribution in [0.15, 0.2) is 0 Å². The van der Waals surface area contributed by atoms with Crippen LogP contribution >= 0.6 is 0 Å². The largest absolute Gasteiger partial charge is 0.300 e. The molecule has 0 saturated heterocycles. The molecule has 1 nitrogen and oxygen atoms in total. The lowest BCUT2D eigenvalue weighted by Gasteiger charge is -2.50. The van der Waals surface area contributed by atoms with Crippen molar-refractivity contribution in [2.45, 2.75) is 72.1 Å². The van der Waals surface area contributed by atoms with E-state index >= 15 is 0 Å². The Labute approximate surface area is 123 Å². The summed E-state index contributed by atoms with van der Waals surface area (Å²) in [7, 11) is 0. The lowest BCUT2D eigenvalue weighted by atomic mass is 9.55. The van der Waals surface area contributed by atoms with Crippen molar-refractivity contribution in [3.63, 3.8) is 0 Å². The molecule has 0 spiro atoms. The molecule has 7 atom stereocenters. The van der Waals surface area contributed by atoms with Gasteiger partial charge < -0.3 is 0 Å². The van der Waals surface area contributed by atoms with Crippen LogP contribution in [0.2, 0.25) is 0 Å². The van der Waals surface area contributed by atoms with Gasteiger partial charge in [-0.15, -0.1) is 0 Å². The van der Waals surface area contributed by atoms with Gasteiger partial charge >= 0.3 is 0 Å². The Morgan fingerprint density at radius 3 is 2.55 bits per heavy atom. The molecular formula is C19H30O. The van der Waals surface area contributed by atoms with Crippen molar-refractivity contribution >= 4 is 5.78 Å². The third-order valence-corrected chi connectivity index (χ3v) is 8.66. The standard InChI is InChI=1S/C19H30O/c1-12-4-5-16-15-11-13-10-14(20)6-8-19(13,3)17(15)7-9-18(12,16)2/h12-13,15-17H,4-11H2,1-3H3/t12-,13-,15+,16+,17+,18-,19+/m1/s1. The summed E-state index contributed by atoms with van der Waals surface area (Å²) in [5, 5.41) is 0. The SMILES string of the molecule is C[C@@H]1CC[C@H]2[C@@H]3C[C@H]4CC(=O)CC[C@]4(C)[C@H]3CC[C@]12C. The molecule has 4 saturated carbocycles. The second-order valence-corrected chi connectivity index (χ2v) is 9.08. The molecule has 0 heterocycles. The second-order valence-electron chi connectivity index (χ2n) is 9.08. The van der Waals surface area contributed by atoms with Gasteiger partial charge in [-0.1, -0.05) is 20.8 Å². The van der Waals surface area contributed by atoms with Crippen LogP contribution in [0, 0.1) is 40.4 Å². The number of carbonyl (C=O) groups is 1. The zero-order chi connectivity index (χ0) is 14.1. The lowest BCUT2D eigenvalue weighted by Crippen LogP contribution is -2.43. The fourth-order valence-electron chi connectivity index (χ4n) is 7.09. The van der Waals surface area contributed by atoms with Crippen LogP contribution in [-0.2, 0) is 4.79 Å².